The van der Waals surface area contributed by atoms with Crippen molar-refractivity contribution >= 4 is 21.8 Å². The SMILES string of the molecule is O=C(C(F)[SiH3])C(F)(F)C(=O)C(F)(F)F.[Cu]. The average Bonchev–Trinajstić information content (AvgIpc) is 1.99. The van der Waals surface area contributed by atoms with Gasteiger partial charge in [0.25, 0.3) is 0 Å². The maximum Gasteiger partial charge on any atom is 0.456 e. The van der Waals surface area contributed by atoms with Gasteiger partial charge in [-0.1, -0.05) is 0 Å². The van der Waals surface area contributed by atoms with Crippen LogP contribution in [-0.4, -0.2) is 39.7 Å². The number of alkyl halides is 6. The van der Waals surface area contributed by atoms with E-state index in [1.165, 1.54) is 0 Å². The van der Waals surface area contributed by atoms with Gasteiger partial charge in [0, 0.05) is 17.1 Å². The summed E-state index contributed by atoms with van der Waals surface area (Å²) in [5.74, 6) is -14.2. The Morgan fingerprint density at radius 2 is 1.40 bits per heavy atom. The van der Waals surface area contributed by atoms with E-state index in [0.29, 0.717) is 0 Å². The minimum absolute atomic E-state index is 0. The predicted octanol–water partition coefficient (Wildman–Crippen LogP) is -0.0193. The number of hydrogen-bond acceptors (Lipinski definition) is 2. The van der Waals surface area contributed by atoms with E-state index >= 15 is 0 Å². The molecular formula is C5H4CuF6O2Si. The molecule has 0 heterocycles. The van der Waals surface area contributed by atoms with Gasteiger partial charge in [0.15, 0.2) is 0 Å². The van der Waals surface area contributed by atoms with Gasteiger partial charge in [-0.2, -0.15) is 22.0 Å². The fraction of sp³-hybridized carbons (Fsp3) is 0.600. The van der Waals surface area contributed by atoms with Crippen molar-refractivity contribution in [2.45, 2.75) is 17.9 Å². The molecule has 0 aliphatic rings. The monoisotopic (exact) mass is 301 g/mol. The van der Waals surface area contributed by atoms with Crippen LogP contribution < -0.4 is 0 Å². The average molecular weight is 302 g/mol. The summed E-state index contributed by atoms with van der Waals surface area (Å²) in [6.07, 6.45) is -5.85. The molecule has 15 heavy (non-hydrogen) atoms. The van der Waals surface area contributed by atoms with E-state index in [2.05, 4.69) is 0 Å². The molecule has 0 saturated heterocycles. The molecule has 1 unspecified atom stereocenters. The van der Waals surface area contributed by atoms with Crippen LogP contribution in [-0.2, 0) is 26.7 Å². The Hall–Kier alpha value is -0.344. The van der Waals surface area contributed by atoms with Crippen molar-refractivity contribution in [3.8, 4) is 0 Å². The summed E-state index contributed by atoms with van der Waals surface area (Å²) in [5, 5.41) is 0. The zero-order chi connectivity index (χ0) is 11.7. The van der Waals surface area contributed by atoms with Gasteiger partial charge < -0.3 is 0 Å². The van der Waals surface area contributed by atoms with Gasteiger partial charge in [-0.05, 0) is 0 Å². The van der Waals surface area contributed by atoms with Crippen molar-refractivity contribution in [2.24, 2.45) is 0 Å². The third-order valence-electron chi connectivity index (χ3n) is 1.21. The van der Waals surface area contributed by atoms with Crippen molar-refractivity contribution in [2.75, 3.05) is 0 Å². The first kappa shape index (κ1) is 17.1. The molecule has 2 nitrogen and oxygen atoms in total. The number of hydrogen-bond donors (Lipinski definition) is 0. The Balaban J connectivity index is 0. The summed E-state index contributed by atoms with van der Waals surface area (Å²) in [6, 6.07) is 0. The van der Waals surface area contributed by atoms with Gasteiger partial charge in [0.1, 0.15) is 5.79 Å². The van der Waals surface area contributed by atoms with Crippen LogP contribution >= 0.6 is 0 Å². The summed E-state index contributed by atoms with van der Waals surface area (Å²) in [4.78, 5) is 20.2. The van der Waals surface area contributed by atoms with Crippen LogP contribution in [0.15, 0.2) is 0 Å². The number of halogens is 6. The third-order valence-corrected chi connectivity index (χ3v) is 1.74. The molecule has 0 spiro atoms. The number of Topliss-reactive ketones (excluding diaryl/α,β-unsaturated/α-hetero) is 2. The van der Waals surface area contributed by atoms with Gasteiger partial charge in [-0.15, -0.1) is 0 Å². The van der Waals surface area contributed by atoms with Crippen LogP contribution in [0.2, 0.25) is 0 Å². The summed E-state index contributed by atoms with van der Waals surface area (Å²) in [7, 11) is -0.700. The summed E-state index contributed by atoms with van der Waals surface area (Å²) < 4.78 is 71.1. The molecule has 0 aliphatic carbocycles. The molecule has 0 saturated carbocycles. The smallest absolute Gasteiger partial charge is 0.289 e. The fourth-order valence-electron chi connectivity index (χ4n) is 0.540. The molecule has 0 fully saturated rings. The molecule has 0 aromatic heterocycles. The molecule has 1 radical (unpaired) electrons. The van der Waals surface area contributed by atoms with E-state index in [1.807, 2.05) is 0 Å². The van der Waals surface area contributed by atoms with Gasteiger partial charge in [-0.3, -0.25) is 9.59 Å². The Morgan fingerprint density at radius 3 is 1.60 bits per heavy atom. The van der Waals surface area contributed by atoms with E-state index in [4.69, 9.17) is 0 Å². The summed E-state index contributed by atoms with van der Waals surface area (Å²) in [5.41, 5.74) is 0. The first-order chi connectivity index (χ1) is 6.01. The van der Waals surface area contributed by atoms with Crippen LogP contribution in [0.4, 0.5) is 26.3 Å². The fourth-order valence-corrected chi connectivity index (χ4v) is 0.902. The maximum absolute atomic E-state index is 12.3. The third kappa shape index (κ3) is 3.96. The van der Waals surface area contributed by atoms with E-state index in [9.17, 15) is 35.9 Å². The first-order valence-corrected chi connectivity index (χ1v) is 4.34. The van der Waals surface area contributed by atoms with Gasteiger partial charge >= 0.3 is 17.9 Å². The van der Waals surface area contributed by atoms with E-state index in [-0.39, 0.29) is 17.1 Å². The quantitative estimate of drug-likeness (QED) is 0.417. The van der Waals surface area contributed by atoms with Gasteiger partial charge in [0.2, 0.25) is 5.78 Å². The van der Waals surface area contributed by atoms with Gasteiger partial charge in [0.05, 0.1) is 10.2 Å². The normalized spacial score (nSPS) is 14.3. The van der Waals surface area contributed by atoms with Crippen LogP contribution in [0.1, 0.15) is 0 Å². The Kier molecular flexibility index (Phi) is 5.83. The largest absolute Gasteiger partial charge is 0.456 e. The van der Waals surface area contributed by atoms with E-state index in [1.54, 1.807) is 0 Å². The zero-order valence-corrected chi connectivity index (χ0v) is 9.90. The Labute approximate surface area is 93.3 Å². The summed E-state index contributed by atoms with van der Waals surface area (Å²) in [6.45, 7) is 0. The maximum atomic E-state index is 12.3. The minimum Gasteiger partial charge on any atom is -0.289 e. The molecular weight excluding hydrogens is 298 g/mol. The number of carbonyl (C=O) groups is 2. The van der Waals surface area contributed by atoms with Crippen LogP contribution in [0.25, 0.3) is 0 Å². The molecule has 0 rings (SSSR count). The Morgan fingerprint density at radius 1 is 1.07 bits per heavy atom. The van der Waals surface area contributed by atoms with Crippen molar-refractivity contribution in [3.05, 3.63) is 0 Å². The minimum atomic E-state index is -5.85. The van der Waals surface area contributed by atoms with Crippen LogP contribution in [0.3, 0.4) is 0 Å². The summed E-state index contributed by atoms with van der Waals surface area (Å²) >= 11 is 0. The molecule has 93 valence electrons. The number of ketones is 2. The molecule has 0 N–H and O–H groups in total. The molecule has 0 bridgehead atoms. The van der Waals surface area contributed by atoms with Crippen molar-refractivity contribution in [3.63, 3.8) is 0 Å². The van der Waals surface area contributed by atoms with Crippen LogP contribution in [0.5, 0.6) is 0 Å². The Bertz CT molecular complexity index is 263. The molecule has 0 aromatic carbocycles. The molecule has 0 aromatic rings. The van der Waals surface area contributed by atoms with Gasteiger partial charge in [-0.25, -0.2) is 4.39 Å². The zero-order valence-electron chi connectivity index (χ0n) is 6.96. The second-order valence-corrected chi connectivity index (χ2v) is 3.40. The number of carbonyl (C=O) groups excluding carboxylic acids is 2. The number of rotatable bonds is 3. The van der Waals surface area contributed by atoms with Crippen molar-refractivity contribution < 1.29 is 53.0 Å². The first-order valence-electron chi connectivity index (χ1n) is 3.19. The van der Waals surface area contributed by atoms with E-state index < -0.39 is 39.7 Å². The van der Waals surface area contributed by atoms with Crippen LogP contribution in [0, 0.1) is 0 Å². The van der Waals surface area contributed by atoms with E-state index in [0.717, 1.165) is 0 Å². The molecule has 10 heteroatoms. The topological polar surface area (TPSA) is 34.1 Å². The molecule has 0 amide bonds. The van der Waals surface area contributed by atoms with Crippen molar-refractivity contribution in [1.29, 1.82) is 0 Å². The standard InChI is InChI=1S/C5H4F6O2Si.Cu/c6-2(14)1(12)4(7,8)3(13)5(9,10)11;/h2H,14H3;. The second kappa shape index (κ2) is 5.13. The molecule has 0 aliphatic heterocycles. The second-order valence-electron chi connectivity index (χ2n) is 2.38. The molecule has 1 atom stereocenters. The predicted molar refractivity (Wildman–Crippen MR) is 35.9 cm³/mol. The van der Waals surface area contributed by atoms with Crippen molar-refractivity contribution in [1.82, 2.24) is 0 Å².